The number of carbonyl (C=O) groups is 1. The van der Waals surface area contributed by atoms with E-state index < -0.39 is 5.83 Å². The van der Waals surface area contributed by atoms with Gasteiger partial charge in [-0.05, 0) is 43.2 Å². The van der Waals surface area contributed by atoms with E-state index in [1.807, 2.05) is 27.7 Å². The fourth-order valence-electron chi connectivity index (χ4n) is 3.10. The number of benzene rings is 1. The van der Waals surface area contributed by atoms with Gasteiger partial charge in [0, 0.05) is 24.5 Å². The first-order valence-electron chi connectivity index (χ1n) is 11.1. The lowest BCUT2D eigenvalue weighted by Crippen LogP contribution is -2.39. The van der Waals surface area contributed by atoms with Crippen molar-refractivity contribution in [3.8, 4) is 0 Å². The van der Waals surface area contributed by atoms with Gasteiger partial charge >= 0.3 is 0 Å². The summed E-state index contributed by atoms with van der Waals surface area (Å²) in [6.07, 6.45) is 7.25. The van der Waals surface area contributed by atoms with E-state index in [1.54, 1.807) is 30.1 Å². The molecule has 0 aliphatic rings. The fraction of sp³-hybridized carbons (Fsp3) is 0.360. The van der Waals surface area contributed by atoms with Crippen LogP contribution in [0, 0.1) is 0 Å². The molecular weight excluding hydrogens is 457 g/mol. The molecule has 0 bridgehead atoms. The minimum atomic E-state index is -0.708. The van der Waals surface area contributed by atoms with Gasteiger partial charge in [0.05, 0.1) is 29.8 Å². The number of carbonyl (C=O) groups excluding carboxylic acids is 1. The van der Waals surface area contributed by atoms with E-state index in [2.05, 4.69) is 18.2 Å². The minimum Gasteiger partial charge on any atom is -0.447 e. The summed E-state index contributed by atoms with van der Waals surface area (Å²) in [4.78, 5) is 18.8. The summed E-state index contributed by atoms with van der Waals surface area (Å²) < 4.78 is 18.2. The van der Waals surface area contributed by atoms with Crippen molar-refractivity contribution < 1.29 is 13.9 Å². The Morgan fingerprint density at radius 1 is 1.32 bits per heavy atom. The highest BCUT2D eigenvalue weighted by Gasteiger charge is 2.26. The maximum Gasteiger partial charge on any atom is 0.256 e. The minimum absolute atomic E-state index is 0.00529. The average Bonchev–Trinajstić information content (AvgIpc) is 2.82. The van der Waals surface area contributed by atoms with Gasteiger partial charge in [-0.15, -0.1) is 0 Å². The molecule has 0 heterocycles. The summed E-state index contributed by atoms with van der Waals surface area (Å²) in [5, 5.41) is 1.66. The second kappa shape index (κ2) is 16.5. The molecule has 0 aromatic heterocycles. The topological polar surface area (TPSA) is 97.2 Å². The number of hydrazine groups is 1. The predicted molar refractivity (Wildman–Crippen MR) is 141 cm³/mol. The Morgan fingerprint density at radius 3 is 2.50 bits per heavy atom. The van der Waals surface area contributed by atoms with Crippen LogP contribution < -0.4 is 16.6 Å². The molecule has 0 saturated heterocycles. The Hall–Kier alpha value is -3.10. The Bertz CT molecular complexity index is 915. The molecule has 1 aromatic rings. The predicted octanol–water partition coefficient (Wildman–Crippen LogP) is 6.05. The quantitative estimate of drug-likeness (QED) is 0.160. The summed E-state index contributed by atoms with van der Waals surface area (Å²) in [6.45, 7) is 14.7. The van der Waals surface area contributed by atoms with Gasteiger partial charge in [-0.1, -0.05) is 52.3 Å². The summed E-state index contributed by atoms with van der Waals surface area (Å²) in [5.74, 6) is 5.03. The Labute approximate surface area is 207 Å². The van der Waals surface area contributed by atoms with Crippen molar-refractivity contribution >= 4 is 29.4 Å². The first kappa shape index (κ1) is 30.9. The van der Waals surface area contributed by atoms with Crippen LogP contribution in [0.2, 0.25) is 5.02 Å². The first-order chi connectivity index (χ1) is 16.2. The lowest BCUT2D eigenvalue weighted by atomic mass is 9.99. The van der Waals surface area contributed by atoms with Crippen LogP contribution in [0.3, 0.4) is 0 Å². The van der Waals surface area contributed by atoms with Crippen LogP contribution in [-0.4, -0.2) is 30.1 Å². The molecule has 0 saturated carbocycles. The van der Waals surface area contributed by atoms with E-state index >= 15 is 0 Å². The van der Waals surface area contributed by atoms with Gasteiger partial charge in [0.2, 0.25) is 5.88 Å². The third-order valence-corrected chi connectivity index (χ3v) is 4.79. The van der Waals surface area contributed by atoms with E-state index in [0.717, 1.165) is 18.2 Å². The maximum atomic E-state index is 13.4. The molecule has 1 atom stereocenters. The number of amides is 1. The number of aliphatic imine (C=N–C) groups is 1. The summed E-state index contributed by atoms with van der Waals surface area (Å²) in [6, 6.07) is 4.58. The number of hydrogen-bond donors (Lipinski definition) is 2. The Balaban J connectivity index is 0.00000529. The highest BCUT2D eigenvalue weighted by Crippen LogP contribution is 2.27. The number of rotatable bonds is 12. The molecule has 1 aromatic carbocycles. The van der Waals surface area contributed by atoms with E-state index in [0.29, 0.717) is 29.1 Å². The zero-order chi connectivity index (χ0) is 26.3. The first-order valence-corrected chi connectivity index (χ1v) is 11.5. The molecule has 0 aliphatic carbocycles. The van der Waals surface area contributed by atoms with Crippen molar-refractivity contribution in [2.75, 3.05) is 12.1 Å². The number of anilines is 1. The molecule has 4 N–H and O–H groups in total. The van der Waals surface area contributed by atoms with Crippen LogP contribution in [0.4, 0.5) is 10.1 Å². The number of halogens is 2. The monoisotopic (exact) mass is 493 g/mol. The van der Waals surface area contributed by atoms with E-state index in [1.165, 1.54) is 23.7 Å². The number of likely N-dealkylation sites (N-methyl/N-ethyl adjacent to an activating group) is 1. The van der Waals surface area contributed by atoms with Crippen LogP contribution >= 0.6 is 11.6 Å². The van der Waals surface area contributed by atoms with Crippen LogP contribution in [0.1, 0.15) is 57.3 Å². The van der Waals surface area contributed by atoms with Crippen molar-refractivity contribution in [1.29, 1.82) is 0 Å². The molecule has 1 amide bonds. The highest BCUT2D eigenvalue weighted by atomic mass is 35.5. The maximum absolute atomic E-state index is 13.4. The van der Waals surface area contributed by atoms with Crippen molar-refractivity contribution in [2.24, 2.45) is 16.6 Å². The average molecular weight is 494 g/mol. The van der Waals surface area contributed by atoms with Gasteiger partial charge in [-0.25, -0.2) is 15.2 Å². The Morgan fingerprint density at radius 2 is 1.97 bits per heavy atom. The van der Waals surface area contributed by atoms with E-state index in [4.69, 9.17) is 27.9 Å². The zero-order valence-corrected chi connectivity index (χ0v) is 21.5. The molecule has 188 valence electrons. The number of nitrogens with two attached hydrogens (primary N) is 2. The molecule has 0 radical (unpaired) electrons. The number of allylic oxidation sites excluding steroid dienone is 1. The smallest absolute Gasteiger partial charge is 0.256 e. The second-order valence-corrected chi connectivity index (χ2v) is 7.35. The number of nitrogens with zero attached hydrogens (tertiary/aromatic N) is 3. The SMILES string of the molecule is C=C(F)/C=N\C(=C)O/C=C(\CCC)C(CC)N(C)C(=O)c1cc(Cl)ccc1N(N)/C=C\N.CC. The molecule has 34 heavy (non-hydrogen) atoms. The third kappa shape index (κ3) is 9.80. The van der Waals surface area contributed by atoms with Crippen molar-refractivity contribution in [1.82, 2.24) is 4.90 Å². The molecule has 7 nitrogen and oxygen atoms in total. The Kier molecular flexibility index (Phi) is 15.0. The van der Waals surface area contributed by atoms with Crippen LogP contribution in [0.15, 0.2) is 72.3 Å². The molecule has 9 heteroatoms. The lowest BCUT2D eigenvalue weighted by Gasteiger charge is -2.31. The van der Waals surface area contributed by atoms with Gasteiger partial charge in [0.15, 0.2) is 0 Å². The van der Waals surface area contributed by atoms with Gasteiger partial charge in [0.1, 0.15) is 5.83 Å². The molecule has 0 aliphatic heterocycles. The van der Waals surface area contributed by atoms with Crippen molar-refractivity contribution in [3.05, 3.63) is 77.9 Å². The number of ether oxygens (including phenoxy) is 1. The molecule has 0 fully saturated rings. The fourth-order valence-corrected chi connectivity index (χ4v) is 3.28. The van der Waals surface area contributed by atoms with Gasteiger partial charge in [-0.3, -0.25) is 9.80 Å². The van der Waals surface area contributed by atoms with E-state index in [-0.39, 0.29) is 17.8 Å². The second-order valence-electron chi connectivity index (χ2n) is 6.91. The summed E-state index contributed by atoms with van der Waals surface area (Å²) in [5.41, 5.74) is 7.07. The van der Waals surface area contributed by atoms with Gasteiger partial charge in [-0.2, -0.15) is 0 Å². The molecule has 1 unspecified atom stereocenters. The third-order valence-electron chi connectivity index (χ3n) is 4.55. The molecular formula is C25H37ClFN5O2. The standard InChI is InChI=1S/C23H31ClFN5O2.C2H6/c1-6-8-18(15-32-17(4)28-14-16(3)25)21(7-2)29(5)23(31)20-13-19(24)9-10-22(20)30(27)12-11-26;1-2/h9-15,21H,3-4,6-8,26-27H2,1-2,5H3;1-2H3/b12-11-,18-15+,28-14-;. The van der Waals surface area contributed by atoms with Crippen LogP contribution in [0.25, 0.3) is 0 Å². The van der Waals surface area contributed by atoms with E-state index in [9.17, 15) is 9.18 Å². The molecule has 1 rings (SSSR count). The normalized spacial score (nSPS) is 12.2. The largest absolute Gasteiger partial charge is 0.447 e. The number of hydrogen-bond acceptors (Lipinski definition) is 6. The molecule has 0 spiro atoms. The lowest BCUT2D eigenvalue weighted by molar-refractivity contribution is 0.0747. The van der Waals surface area contributed by atoms with Crippen LogP contribution in [-0.2, 0) is 4.74 Å². The van der Waals surface area contributed by atoms with Crippen LogP contribution in [0.5, 0.6) is 0 Å². The van der Waals surface area contributed by atoms with Gasteiger partial charge in [0.25, 0.3) is 5.91 Å². The summed E-state index contributed by atoms with van der Waals surface area (Å²) >= 11 is 6.15. The summed E-state index contributed by atoms with van der Waals surface area (Å²) in [7, 11) is 1.70. The van der Waals surface area contributed by atoms with Gasteiger partial charge < -0.3 is 15.4 Å². The van der Waals surface area contributed by atoms with Crippen molar-refractivity contribution in [3.63, 3.8) is 0 Å². The highest BCUT2D eigenvalue weighted by molar-refractivity contribution is 6.31. The zero-order valence-electron chi connectivity index (χ0n) is 20.7. The van der Waals surface area contributed by atoms with Crippen molar-refractivity contribution in [2.45, 2.75) is 53.0 Å².